The van der Waals surface area contributed by atoms with E-state index in [1.165, 1.54) is 19.1 Å². The van der Waals surface area contributed by atoms with Gasteiger partial charge in [-0.3, -0.25) is 0 Å². The zero-order chi connectivity index (χ0) is 11.7. The van der Waals surface area contributed by atoms with Crippen molar-refractivity contribution in [1.29, 1.82) is 0 Å². The molecule has 1 saturated heterocycles. The average molecular weight is 227 g/mol. The molecule has 0 atom stereocenters. The fourth-order valence-electron chi connectivity index (χ4n) is 1.94. The van der Waals surface area contributed by atoms with Crippen molar-refractivity contribution in [2.24, 2.45) is 0 Å². The van der Waals surface area contributed by atoms with Crippen LogP contribution in [0.3, 0.4) is 0 Å². The van der Waals surface area contributed by atoms with Crippen LogP contribution in [0.4, 0.5) is 14.5 Å². The summed E-state index contributed by atoms with van der Waals surface area (Å²) in [5.74, 6) is -1.03. The second-order valence-electron chi connectivity index (χ2n) is 4.25. The molecule has 1 aromatic carbocycles. The molecular weight excluding hydrogens is 212 g/mol. The lowest BCUT2D eigenvalue weighted by atomic mass is 10.1. The van der Waals surface area contributed by atoms with Gasteiger partial charge < -0.3 is 10.0 Å². The molecule has 0 amide bonds. The van der Waals surface area contributed by atoms with Crippen LogP contribution in [0.1, 0.15) is 18.4 Å². The smallest absolute Gasteiger partial charge is 0.131 e. The molecule has 1 aliphatic rings. The number of rotatable bonds is 1. The van der Waals surface area contributed by atoms with Crippen molar-refractivity contribution in [3.63, 3.8) is 0 Å². The third kappa shape index (κ3) is 2.16. The fraction of sp³-hybridized carbons (Fsp3) is 0.500. The molecule has 1 N–H and O–H groups in total. The fourth-order valence-corrected chi connectivity index (χ4v) is 1.94. The van der Waals surface area contributed by atoms with Crippen molar-refractivity contribution >= 4 is 5.69 Å². The maximum absolute atomic E-state index is 13.4. The molecule has 0 aromatic heterocycles. The van der Waals surface area contributed by atoms with Gasteiger partial charge in [-0.15, -0.1) is 0 Å². The molecule has 0 saturated carbocycles. The van der Waals surface area contributed by atoms with Crippen LogP contribution in [-0.2, 0) is 0 Å². The van der Waals surface area contributed by atoms with Crippen molar-refractivity contribution in [1.82, 2.24) is 0 Å². The van der Waals surface area contributed by atoms with Crippen LogP contribution < -0.4 is 4.90 Å². The number of hydrogen-bond acceptors (Lipinski definition) is 2. The molecule has 2 rings (SSSR count). The standard InChI is InChI=1S/C12H15F2NO/c1-8-11(13)6-9(7-12(8)14)15-4-2-10(16)3-5-15/h6-7,10,16H,2-5H2,1H3. The van der Waals surface area contributed by atoms with Gasteiger partial charge in [0.15, 0.2) is 0 Å². The van der Waals surface area contributed by atoms with E-state index >= 15 is 0 Å². The molecule has 0 bridgehead atoms. The molecule has 88 valence electrons. The molecule has 1 aromatic rings. The minimum atomic E-state index is -0.513. The quantitative estimate of drug-likeness (QED) is 0.795. The molecule has 1 heterocycles. The first-order valence-electron chi connectivity index (χ1n) is 5.46. The predicted molar refractivity (Wildman–Crippen MR) is 58.5 cm³/mol. The van der Waals surface area contributed by atoms with Crippen molar-refractivity contribution in [3.05, 3.63) is 29.3 Å². The highest BCUT2D eigenvalue weighted by Crippen LogP contribution is 2.24. The van der Waals surface area contributed by atoms with Gasteiger partial charge in [0.2, 0.25) is 0 Å². The maximum atomic E-state index is 13.4. The van der Waals surface area contributed by atoms with E-state index in [4.69, 9.17) is 0 Å². The Hall–Kier alpha value is -1.16. The van der Waals surface area contributed by atoms with Crippen LogP contribution in [0.2, 0.25) is 0 Å². The minimum Gasteiger partial charge on any atom is -0.393 e. The van der Waals surface area contributed by atoms with Crippen molar-refractivity contribution in [2.45, 2.75) is 25.9 Å². The highest BCUT2D eigenvalue weighted by Gasteiger charge is 2.19. The lowest BCUT2D eigenvalue weighted by Crippen LogP contribution is -2.35. The van der Waals surface area contributed by atoms with E-state index in [-0.39, 0.29) is 11.7 Å². The zero-order valence-electron chi connectivity index (χ0n) is 9.21. The monoisotopic (exact) mass is 227 g/mol. The van der Waals surface area contributed by atoms with Gasteiger partial charge in [0.05, 0.1) is 6.10 Å². The third-order valence-corrected chi connectivity index (χ3v) is 3.10. The molecule has 0 spiro atoms. The van der Waals surface area contributed by atoms with Crippen molar-refractivity contribution in [3.8, 4) is 0 Å². The van der Waals surface area contributed by atoms with Gasteiger partial charge in [0.25, 0.3) is 0 Å². The zero-order valence-corrected chi connectivity index (χ0v) is 9.21. The summed E-state index contributed by atoms with van der Waals surface area (Å²) < 4.78 is 26.7. The Morgan fingerprint density at radius 1 is 1.19 bits per heavy atom. The summed E-state index contributed by atoms with van der Waals surface area (Å²) in [6, 6.07) is 2.71. The first-order valence-corrected chi connectivity index (χ1v) is 5.46. The Balaban J connectivity index is 2.21. The van der Waals surface area contributed by atoms with Crippen LogP contribution in [0.15, 0.2) is 12.1 Å². The first kappa shape index (κ1) is 11.3. The van der Waals surface area contributed by atoms with Gasteiger partial charge in [-0.05, 0) is 31.9 Å². The molecule has 4 heteroatoms. The summed E-state index contributed by atoms with van der Waals surface area (Å²) in [5.41, 5.74) is 0.619. The van der Waals surface area contributed by atoms with Crippen LogP contribution >= 0.6 is 0 Å². The van der Waals surface area contributed by atoms with Gasteiger partial charge >= 0.3 is 0 Å². The highest BCUT2D eigenvalue weighted by atomic mass is 19.1. The Morgan fingerprint density at radius 3 is 2.19 bits per heavy atom. The normalized spacial score (nSPS) is 17.9. The molecule has 0 radical (unpaired) electrons. The summed E-state index contributed by atoms with van der Waals surface area (Å²) >= 11 is 0. The van der Waals surface area contributed by atoms with E-state index in [9.17, 15) is 13.9 Å². The molecule has 1 aliphatic heterocycles. The maximum Gasteiger partial charge on any atom is 0.131 e. The van der Waals surface area contributed by atoms with E-state index in [1.54, 1.807) is 0 Å². The third-order valence-electron chi connectivity index (χ3n) is 3.10. The van der Waals surface area contributed by atoms with Gasteiger partial charge in [0, 0.05) is 24.3 Å². The SMILES string of the molecule is Cc1c(F)cc(N2CCC(O)CC2)cc1F. The summed E-state index contributed by atoms with van der Waals surface area (Å²) in [5, 5.41) is 9.35. The molecule has 2 nitrogen and oxygen atoms in total. The van der Waals surface area contributed by atoms with Crippen LogP contribution in [0, 0.1) is 18.6 Å². The Labute approximate surface area is 93.5 Å². The van der Waals surface area contributed by atoms with Gasteiger partial charge in [-0.1, -0.05) is 0 Å². The molecule has 16 heavy (non-hydrogen) atoms. The summed E-state index contributed by atoms with van der Waals surface area (Å²) in [7, 11) is 0. The number of hydrogen-bond donors (Lipinski definition) is 1. The predicted octanol–water partition coefficient (Wildman–Crippen LogP) is 2.23. The van der Waals surface area contributed by atoms with E-state index < -0.39 is 11.6 Å². The molecule has 1 fully saturated rings. The molecule has 0 aliphatic carbocycles. The summed E-state index contributed by atoms with van der Waals surface area (Å²) in [6.45, 7) is 2.71. The van der Waals surface area contributed by atoms with Gasteiger partial charge in [-0.25, -0.2) is 8.78 Å². The Morgan fingerprint density at radius 2 is 1.69 bits per heavy atom. The van der Waals surface area contributed by atoms with Crippen LogP contribution in [-0.4, -0.2) is 24.3 Å². The van der Waals surface area contributed by atoms with E-state index in [0.29, 0.717) is 31.6 Å². The topological polar surface area (TPSA) is 23.5 Å². The number of piperidine rings is 1. The first-order chi connectivity index (χ1) is 7.58. The second kappa shape index (κ2) is 4.37. The van der Waals surface area contributed by atoms with E-state index in [1.807, 2.05) is 4.90 Å². The van der Waals surface area contributed by atoms with Gasteiger partial charge in [-0.2, -0.15) is 0 Å². The van der Waals surface area contributed by atoms with E-state index in [2.05, 4.69) is 0 Å². The lowest BCUT2D eigenvalue weighted by Gasteiger charge is -2.31. The van der Waals surface area contributed by atoms with Gasteiger partial charge in [0.1, 0.15) is 11.6 Å². The number of aliphatic hydroxyl groups is 1. The molecule has 0 unspecified atom stereocenters. The molecular formula is C12H15F2NO. The van der Waals surface area contributed by atoms with Crippen LogP contribution in [0.5, 0.6) is 0 Å². The number of halogens is 2. The van der Waals surface area contributed by atoms with Crippen molar-refractivity contribution in [2.75, 3.05) is 18.0 Å². The van der Waals surface area contributed by atoms with Crippen LogP contribution in [0.25, 0.3) is 0 Å². The largest absolute Gasteiger partial charge is 0.393 e. The summed E-state index contributed by atoms with van der Waals surface area (Å²) in [6.07, 6.45) is 1.02. The lowest BCUT2D eigenvalue weighted by molar-refractivity contribution is 0.145. The number of nitrogens with zero attached hydrogens (tertiary/aromatic N) is 1. The van der Waals surface area contributed by atoms with E-state index in [0.717, 1.165) is 0 Å². The number of benzene rings is 1. The second-order valence-corrected chi connectivity index (χ2v) is 4.25. The highest BCUT2D eigenvalue weighted by molar-refractivity contribution is 5.49. The summed E-state index contributed by atoms with van der Waals surface area (Å²) in [4.78, 5) is 1.90. The number of anilines is 1. The van der Waals surface area contributed by atoms with Crippen molar-refractivity contribution < 1.29 is 13.9 Å². The Kier molecular flexibility index (Phi) is 3.10. The number of aliphatic hydroxyl groups excluding tert-OH is 1. The average Bonchev–Trinajstić information content (AvgIpc) is 2.26. The minimum absolute atomic E-state index is 0.0563. The Bertz CT molecular complexity index is 364.